The number of aliphatic hydroxyl groups excluding tert-OH is 3. The third kappa shape index (κ3) is 21.9. The van der Waals surface area contributed by atoms with Gasteiger partial charge in [-0.15, -0.1) is 5.10 Å². The topological polar surface area (TPSA) is 366 Å². The molecule has 28 nitrogen and oxygen atoms in total. The molecular formula is C35H60N12O16. The van der Waals surface area contributed by atoms with Crippen LogP contribution in [0.5, 0.6) is 0 Å². The number of nitrogens with one attached hydrogen (secondary N) is 1. The molecule has 0 unspecified atom stereocenters. The predicted octanol–water partition coefficient (Wildman–Crippen LogP) is 1.66. The van der Waals surface area contributed by atoms with Crippen molar-refractivity contribution in [3.63, 3.8) is 0 Å². The van der Waals surface area contributed by atoms with Crippen molar-refractivity contribution in [3.8, 4) is 0 Å². The number of nitrogens with two attached hydrogens (primary N) is 1. The van der Waals surface area contributed by atoms with E-state index in [1.807, 2.05) is 47.7 Å². The van der Waals surface area contributed by atoms with E-state index in [1.165, 1.54) is 40.0 Å². The van der Waals surface area contributed by atoms with Crippen LogP contribution in [-0.2, 0) is 52.8 Å². The molecule has 0 amide bonds. The number of hydrogen-bond donors (Lipinski definition) is 5. The number of ether oxygens (including phenoxy) is 7. The summed E-state index contributed by atoms with van der Waals surface area (Å²) in [5, 5.41) is 73.0. The summed E-state index contributed by atoms with van der Waals surface area (Å²) in [4.78, 5) is 28.7. The van der Waals surface area contributed by atoms with Crippen molar-refractivity contribution < 1.29 is 64.7 Å². The molecule has 4 atom stereocenters. The lowest BCUT2D eigenvalue weighted by Crippen LogP contribution is -2.24. The Morgan fingerprint density at radius 1 is 0.825 bits per heavy atom. The molecule has 3 fully saturated rings. The fourth-order valence-corrected chi connectivity index (χ4v) is 4.58. The van der Waals surface area contributed by atoms with Gasteiger partial charge < -0.3 is 84.6 Å². The van der Waals surface area contributed by atoms with Crippen LogP contribution in [-0.4, -0.2) is 159 Å². The molecule has 0 aromatic carbocycles. The second kappa shape index (κ2) is 25.5. The standard InChI is InChI=1S/C9H13N3O4.C9H15N3O2.C6H9N3O4.C5H12O2.C3H3N3O2.C3H6O2.H2/c1-9(2)15-6-7(16-9)5-11-4-3-8(10-11)12(13)14;1-9(2)13-6-7(14-9)5-12-4-3-8(10)11-12;10-4-5(11)3-8-2-1-6(7-8)9(12)13;1-5(2,6-3)7-4;7-6(8)3-1-2-4-5-3;4-1-3-2-5-3;/h3-4,7H,5-6H2,1-2H3;3-4,7H,5-6H2,1-2H3,(H2,10,11);1-2,5,10-11H,3-4H2;1-4H3;1-2H,(H,4,5);3-4H,1-2H2;1H/t2*7-;5-;;;3-;/m000..1./s1. The van der Waals surface area contributed by atoms with Crippen molar-refractivity contribution in [3.05, 3.63) is 79.4 Å². The van der Waals surface area contributed by atoms with Crippen molar-refractivity contribution in [1.29, 1.82) is 0 Å². The summed E-state index contributed by atoms with van der Waals surface area (Å²) in [6.45, 7) is 14.0. The first-order valence-electron chi connectivity index (χ1n) is 19.0. The van der Waals surface area contributed by atoms with Gasteiger partial charge in [0.25, 0.3) is 0 Å². The van der Waals surface area contributed by atoms with Gasteiger partial charge in [-0.2, -0.15) is 14.5 Å². The molecule has 6 N–H and O–H groups in total. The molecule has 356 valence electrons. The van der Waals surface area contributed by atoms with E-state index in [-0.39, 0.29) is 50.3 Å². The van der Waals surface area contributed by atoms with E-state index in [9.17, 15) is 30.3 Å². The highest BCUT2D eigenvalue weighted by Gasteiger charge is 2.34. The lowest BCUT2D eigenvalue weighted by Gasteiger charge is -2.19. The average molecular weight is 905 g/mol. The van der Waals surface area contributed by atoms with Gasteiger partial charge >= 0.3 is 17.5 Å². The number of nitrogens with zero attached hydrogens (tertiary/aromatic N) is 10. The molecule has 3 saturated heterocycles. The highest BCUT2D eigenvalue weighted by Crippen LogP contribution is 2.24. The number of methoxy groups -OCH3 is 2. The van der Waals surface area contributed by atoms with Crippen LogP contribution in [0.4, 0.5) is 23.3 Å². The van der Waals surface area contributed by atoms with Gasteiger partial charge in [0.15, 0.2) is 17.4 Å². The number of rotatable bonds is 13. The fourth-order valence-electron chi connectivity index (χ4n) is 4.58. The highest BCUT2D eigenvalue weighted by atomic mass is 16.7. The van der Waals surface area contributed by atoms with Crippen molar-refractivity contribution >= 4 is 23.3 Å². The molecule has 4 aromatic heterocycles. The quantitative estimate of drug-likeness (QED) is 0.0551. The van der Waals surface area contributed by atoms with Gasteiger partial charge in [0.2, 0.25) is 0 Å². The lowest BCUT2D eigenvalue weighted by atomic mass is 10.4. The monoisotopic (exact) mass is 904 g/mol. The normalized spacial score (nSPS) is 19.4. The molecular weight excluding hydrogens is 844 g/mol. The Morgan fingerprint density at radius 3 is 1.59 bits per heavy atom. The van der Waals surface area contributed by atoms with Crippen molar-refractivity contribution in [2.45, 2.75) is 103 Å². The molecule has 0 bridgehead atoms. The zero-order valence-electron chi connectivity index (χ0n) is 36.3. The SMILES string of the molecule is CC1(C)OC[C@H](Cn2ccc(N)n2)O1.CC1(C)OC[C@H](Cn2ccc([N+](=O)[O-])n2)O1.COC(C)(C)OC.O=[N+]([O-])c1ccn(C[C@H](O)CO)n1.O=[N+]([O-])c1ccn[nH]1.OC[C@@H]1CO1.[HH]. The predicted molar refractivity (Wildman–Crippen MR) is 220 cm³/mol. The second-order valence-electron chi connectivity index (χ2n) is 14.7. The summed E-state index contributed by atoms with van der Waals surface area (Å²) < 4.78 is 40.8. The third-order valence-electron chi connectivity index (χ3n) is 8.09. The van der Waals surface area contributed by atoms with E-state index in [2.05, 4.69) is 30.2 Å². The zero-order valence-corrected chi connectivity index (χ0v) is 36.3. The number of nitrogen functional groups attached to an aromatic ring is 1. The Labute approximate surface area is 362 Å². The summed E-state index contributed by atoms with van der Waals surface area (Å²) in [7, 11) is 3.23. The van der Waals surface area contributed by atoms with Crippen LogP contribution in [0.15, 0.2) is 49.1 Å². The van der Waals surface area contributed by atoms with Gasteiger partial charge in [-0.1, -0.05) is 5.10 Å². The first-order valence-corrected chi connectivity index (χ1v) is 19.0. The molecule has 7 rings (SSSR count). The van der Waals surface area contributed by atoms with Crippen molar-refractivity contribution in [2.75, 3.05) is 53.0 Å². The second-order valence-corrected chi connectivity index (χ2v) is 14.7. The van der Waals surface area contributed by atoms with E-state index in [0.717, 1.165) is 6.61 Å². The van der Waals surface area contributed by atoms with E-state index in [1.54, 1.807) is 31.2 Å². The minimum absolute atomic E-state index is 0. The zero-order chi connectivity index (χ0) is 47.4. The van der Waals surface area contributed by atoms with Gasteiger partial charge in [0, 0.05) is 21.8 Å². The maximum atomic E-state index is 10.4. The third-order valence-corrected chi connectivity index (χ3v) is 8.09. The Bertz CT molecular complexity index is 1930. The number of aliphatic hydroxyl groups is 3. The van der Waals surface area contributed by atoms with E-state index < -0.39 is 44.8 Å². The van der Waals surface area contributed by atoms with Crippen LogP contribution in [0.3, 0.4) is 0 Å². The van der Waals surface area contributed by atoms with Gasteiger partial charge in [0.1, 0.15) is 24.1 Å². The van der Waals surface area contributed by atoms with E-state index in [4.69, 9.17) is 49.5 Å². The Hall–Kier alpha value is -5.56. The number of H-pyrrole nitrogens is 1. The number of epoxide rings is 1. The average Bonchev–Trinajstić information content (AvgIpc) is 3.90. The van der Waals surface area contributed by atoms with Crippen LogP contribution >= 0.6 is 0 Å². The van der Waals surface area contributed by atoms with Gasteiger partial charge in [-0.25, -0.2) is 0 Å². The smallest absolute Gasteiger partial charge is 0.389 e. The number of hydrogen-bond acceptors (Lipinski definition) is 21. The highest BCUT2D eigenvalue weighted by molar-refractivity contribution is 5.23. The molecule has 0 aliphatic carbocycles. The number of anilines is 1. The molecule has 0 saturated carbocycles. The van der Waals surface area contributed by atoms with E-state index >= 15 is 0 Å². The molecule has 3 aliphatic rings. The fraction of sp³-hybridized carbons (Fsp3) is 0.657. The van der Waals surface area contributed by atoms with Crippen LogP contribution in [0, 0.1) is 30.3 Å². The number of nitro groups is 3. The Morgan fingerprint density at radius 2 is 1.30 bits per heavy atom. The van der Waals surface area contributed by atoms with Gasteiger partial charge in [-0.3, -0.25) is 4.68 Å². The lowest BCUT2D eigenvalue weighted by molar-refractivity contribution is -0.390. The summed E-state index contributed by atoms with van der Waals surface area (Å²) in [6, 6.07) is 5.64. The number of aromatic amines is 1. The molecule has 28 heteroatoms. The van der Waals surface area contributed by atoms with Crippen LogP contribution in [0.2, 0.25) is 0 Å². The first kappa shape index (κ1) is 53.6. The molecule has 0 spiro atoms. The van der Waals surface area contributed by atoms with Crippen LogP contribution in [0.1, 0.15) is 43.0 Å². The molecule has 63 heavy (non-hydrogen) atoms. The number of aromatic nitrogens is 8. The maximum Gasteiger partial charge on any atom is 0.389 e. The molecule has 4 aromatic rings. The molecule has 0 radical (unpaired) electrons. The largest absolute Gasteiger partial charge is 0.394 e. The van der Waals surface area contributed by atoms with Crippen molar-refractivity contribution in [1.82, 2.24) is 39.5 Å². The minimum Gasteiger partial charge on any atom is -0.394 e. The van der Waals surface area contributed by atoms with Crippen LogP contribution in [0.25, 0.3) is 0 Å². The molecule has 3 aliphatic heterocycles. The molecule has 7 heterocycles. The summed E-state index contributed by atoms with van der Waals surface area (Å²) in [6.07, 6.45) is 5.29. The Balaban J connectivity index is 0.000000397. The summed E-state index contributed by atoms with van der Waals surface area (Å²) in [5.41, 5.74) is 5.50. The minimum atomic E-state index is -0.945. The summed E-state index contributed by atoms with van der Waals surface area (Å²) in [5.74, 6) is -1.44. The Kier molecular flexibility index (Phi) is 21.7. The maximum absolute atomic E-state index is 10.4. The van der Waals surface area contributed by atoms with Crippen molar-refractivity contribution in [2.24, 2.45) is 0 Å². The van der Waals surface area contributed by atoms with Gasteiger partial charge in [0.05, 0.1) is 106 Å². The van der Waals surface area contributed by atoms with Gasteiger partial charge in [-0.05, 0) is 62.4 Å². The first-order chi connectivity index (χ1) is 29.5. The van der Waals surface area contributed by atoms with Crippen LogP contribution < -0.4 is 5.73 Å². The summed E-state index contributed by atoms with van der Waals surface area (Å²) >= 11 is 0. The van der Waals surface area contributed by atoms with E-state index in [0.29, 0.717) is 32.1 Å².